The predicted octanol–water partition coefficient (Wildman–Crippen LogP) is 2.55. The number of nitrogens with two attached hydrogens (primary N) is 1. The van der Waals surface area contributed by atoms with E-state index in [1.165, 1.54) is 12.1 Å². The molecule has 0 atom stereocenters. The molecular weight excluding hydrogens is 238 g/mol. The molecule has 2 nitrogen and oxygen atoms in total. The van der Waals surface area contributed by atoms with Crippen molar-refractivity contribution in [2.45, 2.75) is 12.6 Å². The fraction of sp³-hybridized carbons (Fsp3) is 0.455. The van der Waals surface area contributed by atoms with Crippen molar-refractivity contribution in [3.63, 3.8) is 0 Å². The summed E-state index contributed by atoms with van der Waals surface area (Å²) in [7, 11) is 0. The molecule has 1 aromatic rings. The van der Waals surface area contributed by atoms with E-state index in [1.807, 2.05) is 0 Å². The van der Waals surface area contributed by atoms with Gasteiger partial charge in [-0.25, -0.2) is 4.39 Å². The molecule has 2 N–H and O–H groups in total. The Morgan fingerprint density at radius 2 is 1.94 bits per heavy atom. The number of hydrogen-bond donors (Lipinski definition) is 1. The highest BCUT2D eigenvalue weighted by atomic mass is 19.4. The maximum Gasteiger partial charge on any atom is 0.419 e. The van der Waals surface area contributed by atoms with Crippen LogP contribution in [0.1, 0.15) is 11.1 Å². The molecule has 0 aromatic heterocycles. The highest BCUT2D eigenvalue weighted by Crippen LogP contribution is 2.36. The minimum absolute atomic E-state index is 0.266. The van der Waals surface area contributed by atoms with Gasteiger partial charge in [0.15, 0.2) is 0 Å². The van der Waals surface area contributed by atoms with E-state index >= 15 is 0 Å². The van der Waals surface area contributed by atoms with Crippen LogP contribution in [0.5, 0.6) is 5.75 Å². The van der Waals surface area contributed by atoms with E-state index in [2.05, 4.69) is 0 Å². The van der Waals surface area contributed by atoms with Crippen LogP contribution in [0, 0.1) is 0 Å². The Morgan fingerprint density at radius 1 is 1.24 bits per heavy atom. The summed E-state index contributed by atoms with van der Waals surface area (Å²) in [6.45, 7) is -0.955. The first-order valence-corrected chi connectivity index (χ1v) is 5.08. The zero-order valence-corrected chi connectivity index (χ0v) is 9.06. The highest BCUT2D eigenvalue weighted by Gasteiger charge is 2.34. The van der Waals surface area contributed by atoms with Crippen LogP contribution in [0.3, 0.4) is 0 Å². The summed E-state index contributed by atoms with van der Waals surface area (Å²) in [6.07, 6.45) is -4.16. The Hall–Kier alpha value is -1.30. The fourth-order valence-corrected chi connectivity index (χ4v) is 1.40. The third kappa shape index (κ3) is 3.89. The number of halogens is 4. The largest absolute Gasteiger partial charge is 0.490 e. The lowest BCUT2D eigenvalue weighted by Gasteiger charge is -2.14. The van der Waals surface area contributed by atoms with Crippen molar-refractivity contribution < 1.29 is 22.3 Å². The molecule has 0 radical (unpaired) electrons. The van der Waals surface area contributed by atoms with E-state index in [0.717, 1.165) is 6.07 Å². The fourth-order valence-electron chi connectivity index (χ4n) is 1.40. The minimum Gasteiger partial charge on any atom is -0.490 e. The van der Waals surface area contributed by atoms with Gasteiger partial charge in [-0.2, -0.15) is 13.2 Å². The molecule has 0 bridgehead atoms. The van der Waals surface area contributed by atoms with Gasteiger partial charge >= 0.3 is 6.18 Å². The van der Waals surface area contributed by atoms with Crippen molar-refractivity contribution >= 4 is 0 Å². The number of alkyl halides is 4. The van der Waals surface area contributed by atoms with Crippen LogP contribution in [0.2, 0.25) is 0 Å². The summed E-state index contributed by atoms with van der Waals surface area (Å²) >= 11 is 0. The molecule has 96 valence electrons. The average Bonchev–Trinajstić information content (AvgIpc) is 2.26. The quantitative estimate of drug-likeness (QED) is 0.816. The SMILES string of the molecule is NCCc1ccc(OCCF)c(C(F)(F)F)c1. The summed E-state index contributed by atoms with van der Waals surface area (Å²) in [4.78, 5) is 0. The van der Waals surface area contributed by atoms with Gasteiger partial charge in [0.05, 0.1) is 5.56 Å². The highest BCUT2D eigenvalue weighted by molar-refractivity contribution is 5.39. The van der Waals surface area contributed by atoms with Gasteiger partial charge in [0.1, 0.15) is 19.0 Å². The molecule has 17 heavy (non-hydrogen) atoms. The first-order chi connectivity index (χ1) is 7.99. The van der Waals surface area contributed by atoms with Gasteiger partial charge in [-0.3, -0.25) is 0 Å². The maximum absolute atomic E-state index is 12.7. The molecule has 0 aliphatic carbocycles. The van der Waals surface area contributed by atoms with E-state index in [-0.39, 0.29) is 18.9 Å². The van der Waals surface area contributed by atoms with Crippen LogP contribution < -0.4 is 10.5 Å². The molecule has 0 spiro atoms. The molecule has 0 heterocycles. The Balaban J connectivity index is 3.03. The summed E-state index contributed by atoms with van der Waals surface area (Å²) in [5, 5.41) is 0. The Bertz CT molecular complexity index is 365. The van der Waals surface area contributed by atoms with Gasteiger partial charge in [0, 0.05) is 0 Å². The normalized spacial score (nSPS) is 11.6. The third-order valence-corrected chi connectivity index (χ3v) is 2.12. The van der Waals surface area contributed by atoms with E-state index < -0.39 is 18.4 Å². The molecule has 0 saturated carbocycles. The molecular formula is C11H13F4NO. The standard InChI is InChI=1S/C11H13F4NO/c12-4-6-17-10-2-1-8(3-5-16)7-9(10)11(13,14)15/h1-2,7H,3-6,16H2. The molecule has 0 unspecified atom stereocenters. The van der Waals surface area contributed by atoms with Crippen molar-refractivity contribution in [2.24, 2.45) is 5.73 Å². The Morgan fingerprint density at radius 3 is 2.47 bits per heavy atom. The zero-order valence-electron chi connectivity index (χ0n) is 9.06. The molecule has 0 aliphatic rings. The number of ether oxygens (including phenoxy) is 1. The molecule has 0 amide bonds. The van der Waals surface area contributed by atoms with E-state index in [0.29, 0.717) is 12.0 Å². The van der Waals surface area contributed by atoms with Gasteiger partial charge in [-0.05, 0) is 30.7 Å². The lowest BCUT2D eigenvalue weighted by atomic mass is 10.1. The maximum atomic E-state index is 12.7. The van der Waals surface area contributed by atoms with Crippen LogP contribution in [0.15, 0.2) is 18.2 Å². The molecule has 6 heteroatoms. The Labute approximate surface area is 96.4 Å². The van der Waals surface area contributed by atoms with Crippen LogP contribution in [-0.4, -0.2) is 19.8 Å². The second-order valence-corrected chi connectivity index (χ2v) is 3.40. The van der Waals surface area contributed by atoms with Crippen molar-refractivity contribution in [1.29, 1.82) is 0 Å². The van der Waals surface area contributed by atoms with Gasteiger partial charge in [-0.15, -0.1) is 0 Å². The van der Waals surface area contributed by atoms with Crippen molar-refractivity contribution in [1.82, 2.24) is 0 Å². The van der Waals surface area contributed by atoms with Crippen LogP contribution in [0.25, 0.3) is 0 Å². The minimum atomic E-state index is -4.52. The van der Waals surface area contributed by atoms with Crippen LogP contribution >= 0.6 is 0 Å². The monoisotopic (exact) mass is 251 g/mol. The van der Waals surface area contributed by atoms with E-state index in [9.17, 15) is 17.6 Å². The lowest BCUT2D eigenvalue weighted by Crippen LogP contribution is -2.11. The van der Waals surface area contributed by atoms with Crippen molar-refractivity contribution in [2.75, 3.05) is 19.8 Å². The summed E-state index contributed by atoms with van der Waals surface area (Å²) < 4.78 is 54.7. The molecule has 1 aromatic carbocycles. The second kappa shape index (κ2) is 5.86. The van der Waals surface area contributed by atoms with E-state index in [1.54, 1.807) is 0 Å². The topological polar surface area (TPSA) is 35.2 Å². The third-order valence-electron chi connectivity index (χ3n) is 2.12. The van der Waals surface area contributed by atoms with Gasteiger partial charge in [-0.1, -0.05) is 6.07 Å². The molecule has 0 saturated heterocycles. The van der Waals surface area contributed by atoms with Gasteiger partial charge < -0.3 is 10.5 Å². The van der Waals surface area contributed by atoms with Crippen LogP contribution in [0.4, 0.5) is 17.6 Å². The summed E-state index contributed by atoms with van der Waals surface area (Å²) in [6, 6.07) is 3.68. The second-order valence-electron chi connectivity index (χ2n) is 3.40. The summed E-state index contributed by atoms with van der Waals surface area (Å²) in [5.41, 5.74) is 4.86. The van der Waals surface area contributed by atoms with Gasteiger partial charge in [0.25, 0.3) is 0 Å². The number of benzene rings is 1. The van der Waals surface area contributed by atoms with Crippen LogP contribution in [-0.2, 0) is 12.6 Å². The van der Waals surface area contributed by atoms with Crippen molar-refractivity contribution in [3.05, 3.63) is 29.3 Å². The smallest absolute Gasteiger partial charge is 0.419 e. The predicted molar refractivity (Wildman–Crippen MR) is 55.7 cm³/mol. The average molecular weight is 251 g/mol. The van der Waals surface area contributed by atoms with Gasteiger partial charge in [0.2, 0.25) is 0 Å². The Kier molecular flexibility index (Phi) is 4.74. The lowest BCUT2D eigenvalue weighted by molar-refractivity contribution is -0.139. The first-order valence-electron chi connectivity index (χ1n) is 5.08. The zero-order chi connectivity index (χ0) is 12.9. The number of rotatable bonds is 5. The molecule has 0 aliphatic heterocycles. The first kappa shape index (κ1) is 13.8. The van der Waals surface area contributed by atoms with E-state index in [4.69, 9.17) is 10.5 Å². The molecule has 0 fully saturated rings. The summed E-state index contributed by atoms with van der Waals surface area (Å²) in [5.74, 6) is -0.351. The molecule has 1 rings (SSSR count). The van der Waals surface area contributed by atoms with Crippen molar-refractivity contribution in [3.8, 4) is 5.75 Å². The number of hydrogen-bond acceptors (Lipinski definition) is 2.